The van der Waals surface area contributed by atoms with Gasteiger partial charge in [-0.25, -0.2) is 0 Å². The molecule has 0 atom stereocenters. The Hall–Kier alpha value is -0.0400. The smallest absolute Gasteiger partial charge is 0.000439 e. The number of likely N-dealkylation sites (tertiary alicyclic amines) is 1. The van der Waals surface area contributed by atoms with E-state index in [1.165, 1.54) is 51.7 Å². The predicted molar refractivity (Wildman–Crippen MR) is 77.3 cm³/mol. The summed E-state index contributed by atoms with van der Waals surface area (Å²) in [5, 5.41) is 0. The predicted octanol–water partition coefficient (Wildman–Crippen LogP) is 4.57. The van der Waals surface area contributed by atoms with E-state index in [4.69, 9.17) is 0 Å². The molecule has 17 heavy (non-hydrogen) atoms. The van der Waals surface area contributed by atoms with Crippen molar-refractivity contribution in [2.24, 2.45) is 17.3 Å². The lowest BCUT2D eigenvalue weighted by Crippen LogP contribution is -2.36. The van der Waals surface area contributed by atoms with Crippen LogP contribution in [0, 0.1) is 17.3 Å². The van der Waals surface area contributed by atoms with Gasteiger partial charge in [0.1, 0.15) is 0 Å². The van der Waals surface area contributed by atoms with Crippen molar-refractivity contribution in [3.8, 4) is 0 Å². The van der Waals surface area contributed by atoms with E-state index in [-0.39, 0.29) is 0 Å². The quantitative estimate of drug-likeness (QED) is 0.679. The van der Waals surface area contributed by atoms with Crippen LogP contribution in [-0.2, 0) is 0 Å². The average Bonchev–Trinajstić information content (AvgIpc) is 2.18. The molecular weight excluding hydrogens is 206 g/mol. The van der Waals surface area contributed by atoms with Gasteiger partial charge < -0.3 is 4.90 Å². The van der Waals surface area contributed by atoms with E-state index < -0.39 is 0 Å². The first kappa shape index (κ1) is 15.0. The van der Waals surface area contributed by atoms with Gasteiger partial charge in [0.15, 0.2) is 0 Å². The molecule has 1 saturated heterocycles. The van der Waals surface area contributed by atoms with Gasteiger partial charge in [0.25, 0.3) is 0 Å². The molecule has 1 nitrogen and oxygen atoms in total. The highest BCUT2D eigenvalue weighted by Gasteiger charge is 2.20. The van der Waals surface area contributed by atoms with E-state index in [1.54, 1.807) is 0 Å². The van der Waals surface area contributed by atoms with E-state index in [0.29, 0.717) is 5.41 Å². The first-order valence-corrected chi connectivity index (χ1v) is 7.59. The lowest BCUT2D eigenvalue weighted by Gasteiger charge is -2.33. The van der Waals surface area contributed by atoms with Crippen LogP contribution in [0.5, 0.6) is 0 Å². The van der Waals surface area contributed by atoms with Gasteiger partial charge in [-0.05, 0) is 49.6 Å². The van der Waals surface area contributed by atoms with E-state index in [9.17, 15) is 0 Å². The second-order valence-corrected chi connectivity index (χ2v) is 7.59. The molecule has 0 N–H and O–H groups in total. The van der Waals surface area contributed by atoms with Crippen LogP contribution in [-0.4, -0.2) is 24.5 Å². The van der Waals surface area contributed by atoms with E-state index in [0.717, 1.165) is 11.8 Å². The second-order valence-electron chi connectivity index (χ2n) is 7.59. The minimum Gasteiger partial charge on any atom is -0.303 e. The molecule has 0 spiro atoms. The maximum Gasteiger partial charge on any atom is 0.000439 e. The molecule has 0 saturated carbocycles. The SMILES string of the molecule is CC(C)CN1CCC(CCCC(C)(C)C)CC1. The molecule has 0 unspecified atom stereocenters. The normalized spacial score (nSPS) is 20.1. The lowest BCUT2D eigenvalue weighted by molar-refractivity contribution is 0.159. The van der Waals surface area contributed by atoms with Crippen molar-refractivity contribution >= 4 is 0 Å². The molecule has 0 aromatic carbocycles. The molecule has 0 radical (unpaired) electrons. The Morgan fingerprint density at radius 1 is 1.12 bits per heavy atom. The summed E-state index contributed by atoms with van der Waals surface area (Å²) in [5.74, 6) is 1.84. The van der Waals surface area contributed by atoms with E-state index >= 15 is 0 Å². The number of hydrogen-bond donors (Lipinski definition) is 0. The molecule has 1 aliphatic heterocycles. The number of rotatable bonds is 5. The fourth-order valence-electron chi connectivity index (χ4n) is 2.90. The summed E-state index contributed by atoms with van der Waals surface area (Å²) in [6, 6.07) is 0. The van der Waals surface area contributed by atoms with Gasteiger partial charge in [-0.3, -0.25) is 0 Å². The first-order chi connectivity index (χ1) is 7.87. The molecule has 0 amide bonds. The summed E-state index contributed by atoms with van der Waals surface area (Å²) in [6.45, 7) is 15.7. The summed E-state index contributed by atoms with van der Waals surface area (Å²) >= 11 is 0. The molecule has 1 heterocycles. The highest BCUT2D eigenvalue weighted by atomic mass is 15.1. The van der Waals surface area contributed by atoms with E-state index in [1.807, 2.05) is 0 Å². The summed E-state index contributed by atoms with van der Waals surface area (Å²) in [7, 11) is 0. The zero-order valence-corrected chi connectivity index (χ0v) is 12.8. The third kappa shape index (κ3) is 7.08. The largest absolute Gasteiger partial charge is 0.303 e. The molecular formula is C16H33N. The maximum absolute atomic E-state index is 2.66. The first-order valence-electron chi connectivity index (χ1n) is 7.59. The summed E-state index contributed by atoms with van der Waals surface area (Å²) in [4.78, 5) is 2.66. The molecule has 1 rings (SSSR count). The Balaban J connectivity index is 2.11. The Labute approximate surface area is 109 Å². The van der Waals surface area contributed by atoms with Crippen LogP contribution in [0.25, 0.3) is 0 Å². The van der Waals surface area contributed by atoms with Crippen LogP contribution in [0.1, 0.15) is 66.7 Å². The summed E-state index contributed by atoms with van der Waals surface area (Å²) in [5.41, 5.74) is 0.526. The third-order valence-corrected chi connectivity index (χ3v) is 3.87. The molecule has 0 bridgehead atoms. The Morgan fingerprint density at radius 3 is 2.18 bits per heavy atom. The maximum atomic E-state index is 2.66. The molecule has 1 heteroatoms. The van der Waals surface area contributed by atoms with Gasteiger partial charge in [-0.15, -0.1) is 0 Å². The van der Waals surface area contributed by atoms with Gasteiger partial charge in [0, 0.05) is 6.54 Å². The summed E-state index contributed by atoms with van der Waals surface area (Å²) in [6.07, 6.45) is 7.16. The third-order valence-electron chi connectivity index (χ3n) is 3.87. The number of nitrogens with zero attached hydrogens (tertiary/aromatic N) is 1. The van der Waals surface area contributed by atoms with Gasteiger partial charge in [0.2, 0.25) is 0 Å². The van der Waals surface area contributed by atoms with Crippen molar-refractivity contribution in [1.82, 2.24) is 4.90 Å². The molecule has 0 aliphatic carbocycles. The van der Waals surface area contributed by atoms with Crippen LogP contribution in [0.4, 0.5) is 0 Å². The van der Waals surface area contributed by atoms with Gasteiger partial charge >= 0.3 is 0 Å². The fraction of sp³-hybridized carbons (Fsp3) is 1.00. The second kappa shape index (κ2) is 6.78. The Bertz CT molecular complexity index is 194. The number of hydrogen-bond acceptors (Lipinski definition) is 1. The standard InChI is InChI=1S/C16H33N/c1-14(2)13-17-11-8-15(9-12-17)7-6-10-16(3,4)5/h14-15H,6-13H2,1-5H3. The van der Waals surface area contributed by atoms with Crippen LogP contribution in [0.2, 0.25) is 0 Å². The fourth-order valence-corrected chi connectivity index (χ4v) is 2.90. The van der Waals surface area contributed by atoms with Crippen molar-refractivity contribution in [2.75, 3.05) is 19.6 Å². The van der Waals surface area contributed by atoms with Crippen molar-refractivity contribution < 1.29 is 0 Å². The van der Waals surface area contributed by atoms with Crippen molar-refractivity contribution in [2.45, 2.75) is 66.7 Å². The van der Waals surface area contributed by atoms with Crippen LogP contribution >= 0.6 is 0 Å². The topological polar surface area (TPSA) is 3.24 Å². The van der Waals surface area contributed by atoms with Gasteiger partial charge in [-0.2, -0.15) is 0 Å². The number of piperidine rings is 1. The van der Waals surface area contributed by atoms with Crippen molar-refractivity contribution in [3.63, 3.8) is 0 Å². The van der Waals surface area contributed by atoms with E-state index in [2.05, 4.69) is 39.5 Å². The van der Waals surface area contributed by atoms with Crippen LogP contribution in [0.15, 0.2) is 0 Å². The van der Waals surface area contributed by atoms with Gasteiger partial charge in [0.05, 0.1) is 0 Å². The zero-order chi connectivity index (χ0) is 12.9. The minimum absolute atomic E-state index is 0.526. The monoisotopic (exact) mass is 239 g/mol. The Kier molecular flexibility index (Phi) is 5.99. The molecule has 0 aromatic heterocycles. The summed E-state index contributed by atoms with van der Waals surface area (Å²) < 4.78 is 0. The highest BCUT2D eigenvalue weighted by molar-refractivity contribution is 4.74. The molecule has 0 aromatic rings. The van der Waals surface area contributed by atoms with Crippen LogP contribution < -0.4 is 0 Å². The molecule has 102 valence electrons. The van der Waals surface area contributed by atoms with Crippen molar-refractivity contribution in [3.05, 3.63) is 0 Å². The highest BCUT2D eigenvalue weighted by Crippen LogP contribution is 2.27. The lowest BCUT2D eigenvalue weighted by atomic mass is 9.85. The minimum atomic E-state index is 0.526. The molecule has 1 aliphatic rings. The molecule has 1 fully saturated rings. The zero-order valence-electron chi connectivity index (χ0n) is 12.8. The van der Waals surface area contributed by atoms with Crippen LogP contribution in [0.3, 0.4) is 0 Å². The average molecular weight is 239 g/mol. The van der Waals surface area contributed by atoms with Gasteiger partial charge in [-0.1, -0.05) is 47.5 Å². The Morgan fingerprint density at radius 2 is 1.71 bits per heavy atom. The van der Waals surface area contributed by atoms with Crippen molar-refractivity contribution in [1.29, 1.82) is 0 Å².